The number of pyridine rings is 1. The fourth-order valence-electron chi connectivity index (χ4n) is 2.96. The van der Waals surface area contributed by atoms with Gasteiger partial charge in [0.05, 0.1) is 5.56 Å². The van der Waals surface area contributed by atoms with Crippen LogP contribution in [0.5, 0.6) is 0 Å². The van der Waals surface area contributed by atoms with Crippen LogP contribution in [-0.4, -0.2) is 34.6 Å². The molecule has 3 N–H and O–H groups in total. The first-order valence-electron chi connectivity index (χ1n) is 7.08. The van der Waals surface area contributed by atoms with Gasteiger partial charge in [-0.1, -0.05) is 6.92 Å². The summed E-state index contributed by atoms with van der Waals surface area (Å²) in [5.41, 5.74) is 7.26. The van der Waals surface area contributed by atoms with Gasteiger partial charge >= 0.3 is 5.97 Å². The van der Waals surface area contributed by atoms with Crippen molar-refractivity contribution in [2.45, 2.75) is 39.7 Å². The van der Waals surface area contributed by atoms with Crippen LogP contribution < -0.4 is 10.6 Å². The third kappa shape index (κ3) is 2.99. The Hall–Kier alpha value is -2.11. The molecule has 1 aromatic rings. The summed E-state index contributed by atoms with van der Waals surface area (Å²) in [5.74, 6) is -0.722. The lowest BCUT2D eigenvalue weighted by Gasteiger charge is -2.37. The number of carboxylic acids is 1. The number of rotatable bonds is 3. The highest BCUT2D eigenvalue weighted by molar-refractivity contribution is 6.00. The van der Waals surface area contributed by atoms with E-state index in [-0.39, 0.29) is 0 Å². The van der Waals surface area contributed by atoms with E-state index in [1.807, 2.05) is 13.8 Å². The van der Waals surface area contributed by atoms with Gasteiger partial charge in [0.15, 0.2) is 0 Å². The molecule has 0 aliphatic carbocycles. The Morgan fingerprint density at radius 3 is 2.67 bits per heavy atom. The van der Waals surface area contributed by atoms with E-state index in [1.165, 1.54) is 0 Å². The van der Waals surface area contributed by atoms with Crippen LogP contribution in [-0.2, 0) is 4.79 Å². The number of carbonyl (C=O) groups is 2. The zero-order chi connectivity index (χ0) is 15.7. The summed E-state index contributed by atoms with van der Waals surface area (Å²) in [4.78, 5) is 29.4. The van der Waals surface area contributed by atoms with Crippen molar-refractivity contribution in [2.75, 3.05) is 11.4 Å². The van der Waals surface area contributed by atoms with Gasteiger partial charge in [-0.05, 0) is 44.2 Å². The quantitative estimate of drug-likeness (QED) is 0.879. The number of nitrogens with zero attached hydrogens (tertiary/aromatic N) is 2. The van der Waals surface area contributed by atoms with Crippen molar-refractivity contribution in [1.82, 2.24) is 4.98 Å². The first-order chi connectivity index (χ1) is 9.81. The van der Waals surface area contributed by atoms with Crippen molar-refractivity contribution in [1.29, 1.82) is 0 Å². The third-order valence-electron chi connectivity index (χ3n) is 3.99. The maximum atomic E-state index is 11.7. The van der Waals surface area contributed by atoms with Gasteiger partial charge in [-0.2, -0.15) is 0 Å². The molecule has 2 heterocycles. The predicted octanol–water partition coefficient (Wildman–Crippen LogP) is 1.49. The zero-order valence-corrected chi connectivity index (χ0v) is 12.6. The summed E-state index contributed by atoms with van der Waals surface area (Å²) in [5, 5.41) is 9.47. The maximum absolute atomic E-state index is 11.7. The summed E-state index contributed by atoms with van der Waals surface area (Å²) >= 11 is 0. The minimum atomic E-state index is -0.891. The number of amides is 1. The molecular formula is C15H21N3O3. The molecule has 1 fully saturated rings. The smallest absolute Gasteiger partial charge is 0.326 e. The molecule has 0 spiro atoms. The standard InChI is InChI=1S/C15H21N3O3/c1-8-4-5-18(11(6-8)15(20)21)14-12(13(16)19)9(2)7-10(3)17-14/h7-8,11H,4-6H2,1-3H3,(H2,16,19)(H,20,21). The van der Waals surface area contributed by atoms with E-state index in [0.717, 1.165) is 17.7 Å². The molecule has 2 atom stereocenters. The second-order valence-corrected chi connectivity index (χ2v) is 5.82. The van der Waals surface area contributed by atoms with E-state index in [9.17, 15) is 14.7 Å². The van der Waals surface area contributed by atoms with Gasteiger partial charge in [0.25, 0.3) is 5.91 Å². The zero-order valence-electron chi connectivity index (χ0n) is 12.6. The molecule has 6 heteroatoms. The summed E-state index contributed by atoms with van der Waals surface area (Å²) in [6.07, 6.45) is 1.42. The SMILES string of the molecule is Cc1cc(C)c(C(N)=O)c(N2CCC(C)CC2C(=O)O)n1. The second-order valence-electron chi connectivity index (χ2n) is 5.82. The lowest BCUT2D eigenvalue weighted by Crippen LogP contribution is -2.48. The normalized spacial score (nSPS) is 22.1. The summed E-state index contributed by atoms with van der Waals surface area (Å²) in [7, 11) is 0. The number of nitrogens with two attached hydrogens (primary N) is 1. The molecule has 1 aliphatic heterocycles. The first-order valence-corrected chi connectivity index (χ1v) is 7.08. The molecule has 1 aliphatic rings. The highest BCUT2D eigenvalue weighted by Gasteiger charge is 2.34. The number of piperidine rings is 1. The fraction of sp³-hybridized carbons (Fsp3) is 0.533. The largest absolute Gasteiger partial charge is 0.480 e. The average molecular weight is 291 g/mol. The van der Waals surface area contributed by atoms with E-state index in [4.69, 9.17) is 5.73 Å². The molecule has 2 unspecified atom stereocenters. The molecule has 114 valence electrons. The molecular weight excluding hydrogens is 270 g/mol. The van der Waals surface area contributed by atoms with Crippen LogP contribution in [0.25, 0.3) is 0 Å². The minimum Gasteiger partial charge on any atom is -0.480 e. The Balaban J connectivity index is 2.53. The van der Waals surface area contributed by atoms with Crippen molar-refractivity contribution >= 4 is 17.7 Å². The van der Waals surface area contributed by atoms with E-state index >= 15 is 0 Å². The number of primary amides is 1. The Kier molecular flexibility index (Phi) is 4.16. The van der Waals surface area contributed by atoms with Crippen LogP contribution in [0.4, 0.5) is 5.82 Å². The first kappa shape index (κ1) is 15.3. The van der Waals surface area contributed by atoms with E-state index < -0.39 is 17.9 Å². The van der Waals surface area contributed by atoms with Gasteiger partial charge < -0.3 is 15.7 Å². The molecule has 1 saturated heterocycles. The van der Waals surface area contributed by atoms with Gasteiger partial charge in [0.2, 0.25) is 0 Å². The van der Waals surface area contributed by atoms with Crippen LogP contribution in [0.2, 0.25) is 0 Å². The number of aliphatic carboxylic acids is 1. The molecule has 6 nitrogen and oxygen atoms in total. The molecule has 21 heavy (non-hydrogen) atoms. The summed E-state index contributed by atoms with van der Waals surface area (Å²) in [6.45, 7) is 6.22. The summed E-state index contributed by atoms with van der Waals surface area (Å²) in [6, 6.07) is 1.12. The van der Waals surface area contributed by atoms with E-state index in [1.54, 1.807) is 17.9 Å². The summed E-state index contributed by atoms with van der Waals surface area (Å²) < 4.78 is 0. The van der Waals surface area contributed by atoms with E-state index in [0.29, 0.717) is 30.3 Å². The van der Waals surface area contributed by atoms with Crippen molar-refractivity contribution in [3.8, 4) is 0 Å². The second kappa shape index (κ2) is 5.71. The van der Waals surface area contributed by atoms with Gasteiger partial charge in [0.1, 0.15) is 11.9 Å². The average Bonchev–Trinajstić information content (AvgIpc) is 2.36. The predicted molar refractivity (Wildman–Crippen MR) is 79.4 cm³/mol. The molecule has 1 amide bonds. The molecule has 0 bridgehead atoms. The molecule has 0 saturated carbocycles. The topological polar surface area (TPSA) is 96.5 Å². The van der Waals surface area contributed by atoms with E-state index in [2.05, 4.69) is 4.98 Å². The molecule has 0 aromatic carbocycles. The Labute approximate surface area is 124 Å². The lowest BCUT2D eigenvalue weighted by atomic mass is 9.91. The Morgan fingerprint density at radius 2 is 2.10 bits per heavy atom. The van der Waals surface area contributed by atoms with Crippen molar-refractivity contribution in [3.05, 3.63) is 22.9 Å². The maximum Gasteiger partial charge on any atom is 0.326 e. The highest BCUT2D eigenvalue weighted by atomic mass is 16.4. The Morgan fingerprint density at radius 1 is 1.43 bits per heavy atom. The van der Waals surface area contributed by atoms with Gasteiger partial charge in [-0.3, -0.25) is 4.79 Å². The van der Waals surface area contributed by atoms with Crippen molar-refractivity contribution in [3.63, 3.8) is 0 Å². The molecule has 0 radical (unpaired) electrons. The number of carbonyl (C=O) groups excluding carboxylic acids is 1. The number of hydrogen-bond donors (Lipinski definition) is 2. The van der Waals surface area contributed by atoms with Crippen LogP contribution in [0.3, 0.4) is 0 Å². The molecule has 1 aromatic heterocycles. The lowest BCUT2D eigenvalue weighted by molar-refractivity contribution is -0.139. The minimum absolute atomic E-state index is 0.321. The monoisotopic (exact) mass is 291 g/mol. The fourth-order valence-corrected chi connectivity index (χ4v) is 2.96. The number of aromatic nitrogens is 1. The van der Waals surface area contributed by atoms with Crippen LogP contribution in [0, 0.1) is 19.8 Å². The third-order valence-corrected chi connectivity index (χ3v) is 3.99. The van der Waals surface area contributed by atoms with Crippen molar-refractivity contribution in [2.24, 2.45) is 11.7 Å². The number of hydrogen-bond acceptors (Lipinski definition) is 4. The van der Waals surface area contributed by atoms with Gasteiger partial charge in [-0.25, -0.2) is 9.78 Å². The van der Waals surface area contributed by atoms with Gasteiger partial charge in [0, 0.05) is 12.2 Å². The highest BCUT2D eigenvalue weighted by Crippen LogP contribution is 2.30. The van der Waals surface area contributed by atoms with Crippen LogP contribution >= 0.6 is 0 Å². The van der Waals surface area contributed by atoms with Crippen molar-refractivity contribution < 1.29 is 14.7 Å². The number of aryl methyl sites for hydroxylation is 2. The number of anilines is 1. The van der Waals surface area contributed by atoms with Crippen LogP contribution in [0.15, 0.2) is 6.07 Å². The van der Waals surface area contributed by atoms with Crippen LogP contribution in [0.1, 0.15) is 41.4 Å². The van der Waals surface area contributed by atoms with Gasteiger partial charge in [-0.15, -0.1) is 0 Å². The number of carboxylic acid groups (broad SMARTS) is 1. The molecule has 2 rings (SSSR count). The Bertz CT molecular complexity index is 586.